The van der Waals surface area contributed by atoms with E-state index < -0.39 is 0 Å². The molecule has 3 heteroatoms. The van der Waals surface area contributed by atoms with Gasteiger partial charge in [0.15, 0.2) is 0 Å². The van der Waals surface area contributed by atoms with E-state index in [1.807, 2.05) is 0 Å². The van der Waals surface area contributed by atoms with Crippen LogP contribution in [-0.2, 0) is 11.3 Å². The molecule has 2 aromatic rings. The number of hydrogen-bond acceptors (Lipinski definition) is 3. The second-order valence-corrected chi connectivity index (χ2v) is 10.9. The first-order valence-electron chi connectivity index (χ1n) is 12.3. The summed E-state index contributed by atoms with van der Waals surface area (Å²) in [7, 11) is 0. The number of rotatable bonds is 5. The molecule has 2 aromatic carbocycles. The van der Waals surface area contributed by atoms with Gasteiger partial charge in [0.1, 0.15) is 12.0 Å². The Kier molecular flexibility index (Phi) is 7.01. The lowest BCUT2D eigenvalue weighted by Gasteiger charge is -2.37. The summed E-state index contributed by atoms with van der Waals surface area (Å²) in [5, 5.41) is 2.53. The molecular weight excluding hydrogens is 382 g/mol. The molecule has 31 heavy (non-hydrogen) atoms. The Morgan fingerprint density at radius 1 is 0.935 bits per heavy atom. The van der Waals surface area contributed by atoms with E-state index in [0.717, 1.165) is 56.9 Å². The molecule has 2 aliphatic rings. The number of benzene rings is 2. The number of carbonyl (C=O) groups excluding carboxylic acids is 1. The first-order chi connectivity index (χ1) is 14.9. The van der Waals surface area contributed by atoms with Crippen LogP contribution in [-0.4, -0.2) is 30.4 Å². The highest BCUT2D eigenvalue weighted by Crippen LogP contribution is 2.39. The second kappa shape index (κ2) is 9.73. The highest BCUT2D eigenvalue weighted by Gasteiger charge is 2.30. The van der Waals surface area contributed by atoms with Crippen molar-refractivity contribution in [3.05, 3.63) is 42.0 Å². The van der Waals surface area contributed by atoms with Crippen LogP contribution in [0.3, 0.4) is 0 Å². The maximum Gasteiger partial charge on any atom is 0.123 e. The van der Waals surface area contributed by atoms with Gasteiger partial charge in [-0.15, -0.1) is 0 Å². The normalized spacial score (nSPS) is 25.8. The van der Waals surface area contributed by atoms with Crippen molar-refractivity contribution in [3.63, 3.8) is 0 Å². The van der Waals surface area contributed by atoms with Gasteiger partial charge in [-0.1, -0.05) is 39.0 Å². The summed E-state index contributed by atoms with van der Waals surface area (Å²) in [5.74, 6) is 2.08. The van der Waals surface area contributed by atoms with Crippen molar-refractivity contribution in [2.45, 2.75) is 78.4 Å². The zero-order chi connectivity index (χ0) is 21.8. The van der Waals surface area contributed by atoms with Crippen LogP contribution in [0.1, 0.15) is 71.3 Å². The van der Waals surface area contributed by atoms with Crippen molar-refractivity contribution in [1.29, 1.82) is 0 Å². The van der Waals surface area contributed by atoms with Crippen LogP contribution in [0.15, 0.2) is 36.4 Å². The number of aldehydes is 1. The summed E-state index contributed by atoms with van der Waals surface area (Å²) in [4.78, 5) is 13.6. The van der Waals surface area contributed by atoms with Gasteiger partial charge in [0.05, 0.1) is 6.10 Å². The molecule has 0 bridgehead atoms. The average Bonchev–Trinajstić information content (AvgIpc) is 2.98. The van der Waals surface area contributed by atoms with Gasteiger partial charge in [-0.2, -0.15) is 0 Å². The number of hydrogen-bond donors (Lipinski definition) is 0. The van der Waals surface area contributed by atoms with E-state index >= 15 is 0 Å². The van der Waals surface area contributed by atoms with Gasteiger partial charge < -0.3 is 9.53 Å². The van der Waals surface area contributed by atoms with E-state index in [1.165, 1.54) is 42.0 Å². The molecule has 2 fully saturated rings. The Balaban J connectivity index is 1.35. The summed E-state index contributed by atoms with van der Waals surface area (Å²) in [6.45, 7) is 10.2. The molecule has 1 aliphatic heterocycles. The van der Waals surface area contributed by atoms with Gasteiger partial charge in [-0.3, -0.25) is 4.90 Å². The first kappa shape index (κ1) is 22.3. The third kappa shape index (κ3) is 5.88. The molecule has 1 unspecified atom stereocenters. The minimum absolute atomic E-state index is 0.253. The monoisotopic (exact) mass is 421 g/mol. The maximum absolute atomic E-state index is 11.1. The molecule has 1 atom stereocenters. The fourth-order valence-corrected chi connectivity index (χ4v) is 5.42. The Labute approximate surface area is 188 Å². The summed E-state index contributed by atoms with van der Waals surface area (Å²) in [6.07, 6.45) is 9.54. The molecule has 1 heterocycles. The SMILES string of the molecule is CC(C)(C)[C@H]1CC[C@H](Oc2ccc3cc(CN4CCCC(C=O)CC4)ccc3c2)CC1. The number of fused-ring (bicyclic) bond motifs is 1. The summed E-state index contributed by atoms with van der Waals surface area (Å²) < 4.78 is 6.37. The largest absolute Gasteiger partial charge is 0.490 e. The molecule has 168 valence electrons. The Morgan fingerprint density at radius 3 is 2.42 bits per heavy atom. The molecule has 0 radical (unpaired) electrons. The zero-order valence-electron chi connectivity index (χ0n) is 19.6. The Morgan fingerprint density at radius 2 is 1.68 bits per heavy atom. The van der Waals surface area contributed by atoms with Crippen molar-refractivity contribution in [3.8, 4) is 5.75 Å². The number of nitrogens with zero attached hydrogens (tertiary/aromatic N) is 1. The van der Waals surface area contributed by atoms with E-state index in [-0.39, 0.29) is 5.92 Å². The predicted molar refractivity (Wildman–Crippen MR) is 128 cm³/mol. The smallest absolute Gasteiger partial charge is 0.123 e. The van der Waals surface area contributed by atoms with Crippen molar-refractivity contribution in [2.24, 2.45) is 17.3 Å². The lowest BCUT2D eigenvalue weighted by atomic mass is 9.72. The van der Waals surface area contributed by atoms with Gasteiger partial charge in [-0.05, 0) is 104 Å². The molecule has 1 aliphatic carbocycles. The van der Waals surface area contributed by atoms with Crippen molar-refractivity contribution < 1.29 is 9.53 Å². The molecule has 0 aromatic heterocycles. The van der Waals surface area contributed by atoms with E-state index in [2.05, 4.69) is 62.1 Å². The third-order valence-electron chi connectivity index (χ3n) is 7.54. The number of carbonyl (C=O) groups is 1. The van der Waals surface area contributed by atoms with Crippen LogP contribution in [0, 0.1) is 17.3 Å². The van der Waals surface area contributed by atoms with Gasteiger partial charge >= 0.3 is 0 Å². The van der Waals surface area contributed by atoms with Crippen LogP contribution in [0.25, 0.3) is 10.8 Å². The Hall–Kier alpha value is -1.87. The van der Waals surface area contributed by atoms with E-state index in [0.29, 0.717) is 11.5 Å². The van der Waals surface area contributed by atoms with E-state index in [9.17, 15) is 4.79 Å². The fourth-order valence-electron chi connectivity index (χ4n) is 5.42. The molecule has 1 saturated carbocycles. The van der Waals surface area contributed by atoms with Crippen LogP contribution < -0.4 is 4.74 Å². The highest BCUT2D eigenvalue weighted by atomic mass is 16.5. The van der Waals surface area contributed by atoms with Crippen molar-refractivity contribution in [2.75, 3.05) is 13.1 Å². The first-order valence-corrected chi connectivity index (χ1v) is 12.3. The topological polar surface area (TPSA) is 29.5 Å². The third-order valence-corrected chi connectivity index (χ3v) is 7.54. The highest BCUT2D eigenvalue weighted by molar-refractivity contribution is 5.84. The minimum Gasteiger partial charge on any atom is -0.490 e. The van der Waals surface area contributed by atoms with Gasteiger partial charge in [-0.25, -0.2) is 0 Å². The molecule has 0 amide bonds. The molecule has 0 spiro atoms. The fraction of sp³-hybridized carbons (Fsp3) is 0.607. The van der Waals surface area contributed by atoms with Crippen LogP contribution >= 0.6 is 0 Å². The van der Waals surface area contributed by atoms with E-state index in [4.69, 9.17) is 4.74 Å². The minimum atomic E-state index is 0.253. The van der Waals surface area contributed by atoms with Crippen LogP contribution in [0.5, 0.6) is 5.75 Å². The van der Waals surface area contributed by atoms with Crippen molar-refractivity contribution in [1.82, 2.24) is 4.90 Å². The van der Waals surface area contributed by atoms with Crippen LogP contribution in [0.4, 0.5) is 0 Å². The predicted octanol–water partition coefficient (Wildman–Crippen LogP) is 6.62. The number of likely N-dealkylation sites (tertiary alicyclic amines) is 1. The van der Waals surface area contributed by atoms with Crippen molar-refractivity contribution >= 4 is 17.1 Å². The molecule has 0 N–H and O–H groups in total. The van der Waals surface area contributed by atoms with Crippen LogP contribution in [0.2, 0.25) is 0 Å². The van der Waals surface area contributed by atoms with Gasteiger partial charge in [0, 0.05) is 12.5 Å². The summed E-state index contributed by atoms with van der Waals surface area (Å²) >= 11 is 0. The molecule has 4 rings (SSSR count). The quantitative estimate of drug-likeness (QED) is 0.508. The van der Waals surface area contributed by atoms with E-state index in [1.54, 1.807) is 0 Å². The lowest BCUT2D eigenvalue weighted by molar-refractivity contribution is -0.111. The molecule has 1 saturated heterocycles. The standard InChI is InChI=1S/C28H39NO2/c1-28(2,3)25-9-12-26(13-10-25)31-27-11-8-23-17-22(6-7-24(23)18-27)19-29-15-4-5-21(20-30)14-16-29/h6-8,11,17-18,20-21,25-26H,4-5,9-10,12-16,19H2,1-3H3/t21?,25-,26-. The summed E-state index contributed by atoms with van der Waals surface area (Å²) in [5.41, 5.74) is 1.76. The molecule has 3 nitrogen and oxygen atoms in total. The zero-order valence-corrected chi connectivity index (χ0v) is 19.6. The summed E-state index contributed by atoms with van der Waals surface area (Å²) in [6, 6.07) is 13.4. The lowest BCUT2D eigenvalue weighted by Crippen LogP contribution is -2.30. The second-order valence-electron chi connectivity index (χ2n) is 10.9. The average molecular weight is 422 g/mol. The Bertz CT molecular complexity index is 876. The molecular formula is C28H39NO2. The maximum atomic E-state index is 11.1. The number of ether oxygens (including phenoxy) is 1. The van der Waals surface area contributed by atoms with Gasteiger partial charge in [0.25, 0.3) is 0 Å². The van der Waals surface area contributed by atoms with Gasteiger partial charge in [0.2, 0.25) is 0 Å².